The van der Waals surface area contributed by atoms with Crippen molar-refractivity contribution in [2.45, 2.75) is 99.8 Å². The first-order valence-electron chi connectivity index (χ1n) is 16.6. The van der Waals surface area contributed by atoms with Gasteiger partial charge in [-0.15, -0.1) is 11.6 Å². The third-order valence-corrected chi connectivity index (χ3v) is 10.5. The van der Waals surface area contributed by atoms with Gasteiger partial charge in [-0.1, -0.05) is 111 Å². The molecule has 3 aromatic carbocycles. The molecule has 0 aromatic heterocycles. The zero-order valence-electron chi connectivity index (χ0n) is 30.2. The third kappa shape index (κ3) is 8.06. The van der Waals surface area contributed by atoms with Crippen LogP contribution in [0.15, 0.2) is 77.9 Å². The Kier molecular flexibility index (Phi) is 12.4. The van der Waals surface area contributed by atoms with Crippen molar-refractivity contribution in [3.8, 4) is 11.1 Å². The molecule has 0 saturated carbocycles. The van der Waals surface area contributed by atoms with Crippen LogP contribution in [0.1, 0.15) is 122 Å². The molecule has 7 rings (SSSR count). The molecular weight excluding hydrogens is 691 g/mol. The van der Waals surface area contributed by atoms with E-state index in [0.29, 0.717) is 11.3 Å². The van der Waals surface area contributed by atoms with Crippen LogP contribution >= 0.6 is 0 Å². The molecule has 1 unspecified atom stereocenters. The molecule has 0 nitrogen and oxygen atoms in total. The van der Waals surface area contributed by atoms with Gasteiger partial charge in [-0.25, -0.2) is 11.1 Å². The van der Waals surface area contributed by atoms with E-state index in [-0.39, 0.29) is 35.6 Å². The molecule has 246 valence electrons. The number of allylic oxidation sites excluding steroid dienone is 8. The summed E-state index contributed by atoms with van der Waals surface area (Å²) in [7, 11) is 0. The van der Waals surface area contributed by atoms with Crippen LogP contribution in [-0.4, -0.2) is 3.71 Å². The van der Waals surface area contributed by atoms with Gasteiger partial charge in [0, 0.05) is 5.41 Å². The Bertz CT molecular complexity index is 1690. The summed E-state index contributed by atoms with van der Waals surface area (Å²) in [6.45, 7) is 24.9. The van der Waals surface area contributed by atoms with Crippen molar-refractivity contribution in [3.05, 3.63) is 129 Å². The van der Waals surface area contributed by atoms with Gasteiger partial charge in [-0.3, -0.25) is 12.2 Å². The Labute approximate surface area is 313 Å². The normalized spacial score (nSPS) is 18.5. The monoisotopic (exact) mass is 738 g/mol. The Hall–Kier alpha value is -2.05. The standard InChI is InChI=1S/C25H25.C12H19.C7H6.2ClH.Zr/c1-14-12-24(3,4)22-8-16-7-17-9-23-19(15(2)13-25(23,5)6)11-21(17)20(16)10-18(14)22;1-6-10-7-9(2)8-11(10)12(3,4)5;1-7-5-3-2-4-6-7;;;/h8-12H,7H2,1-6H3;8-9H,6H2,1-5H3;1-6H;2*1H;/q2*-1;;;;+2/p-2. The molecule has 47 heavy (non-hydrogen) atoms. The van der Waals surface area contributed by atoms with Gasteiger partial charge in [0.25, 0.3) is 0 Å². The Morgan fingerprint density at radius 3 is 1.94 bits per heavy atom. The van der Waals surface area contributed by atoms with Crippen LogP contribution in [0.5, 0.6) is 0 Å². The van der Waals surface area contributed by atoms with E-state index >= 15 is 0 Å². The van der Waals surface area contributed by atoms with Crippen molar-refractivity contribution in [1.29, 1.82) is 0 Å². The van der Waals surface area contributed by atoms with Crippen LogP contribution in [0.3, 0.4) is 0 Å². The fourth-order valence-corrected chi connectivity index (χ4v) is 8.04. The number of fused-ring (bicyclic) bond motifs is 5. The molecule has 0 bridgehead atoms. The summed E-state index contributed by atoms with van der Waals surface area (Å²) in [5.41, 5.74) is 19.1. The fourth-order valence-electron chi connectivity index (χ4n) is 7.56. The van der Waals surface area contributed by atoms with Crippen LogP contribution in [-0.2, 0) is 41.5 Å². The van der Waals surface area contributed by atoms with Crippen molar-refractivity contribution in [2.75, 3.05) is 0 Å². The fraction of sp³-hybridized carbons (Fsp3) is 0.386. The molecule has 0 spiro atoms. The van der Waals surface area contributed by atoms with E-state index in [0.717, 1.165) is 12.8 Å². The van der Waals surface area contributed by atoms with Crippen LogP contribution in [0.4, 0.5) is 0 Å². The molecule has 0 N–H and O–H groups in total. The van der Waals surface area contributed by atoms with Gasteiger partial charge in [-0.05, 0) is 58.4 Å². The molecule has 0 fully saturated rings. The molecule has 3 heteroatoms. The van der Waals surface area contributed by atoms with Crippen molar-refractivity contribution in [1.82, 2.24) is 0 Å². The van der Waals surface area contributed by atoms with Crippen molar-refractivity contribution >= 4 is 14.9 Å². The van der Waals surface area contributed by atoms with Gasteiger partial charge in [0.1, 0.15) is 0 Å². The molecule has 0 radical (unpaired) electrons. The molecule has 0 aliphatic heterocycles. The number of hydrogen-bond donors (Lipinski definition) is 0. The third-order valence-electron chi connectivity index (χ3n) is 9.70. The Balaban J connectivity index is 0.000000229. The summed E-state index contributed by atoms with van der Waals surface area (Å²) in [5.74, 6) is 0.522. The predicted octanol–water partition coefficient (Wildman–Crippen LogP) is 5.59. The average Bonchev–Trinajstić information content (AvgIpc) is 3.67. The number of benzene rings is 3. The van der Waals surface area contributed by atoms with E-state index in [1.807, 2.05) is 6.07 Å². The van der Waals surface area contributed by atoms with Gasteiger partial charge >= 0.3 is 63.8 Å². The van der Waals surface area contributed by atoms with E-state index in [1.165, 1.54) is 96.6 Å². The van der Waals surface area contributed by atoms with E-state index in [9.17, 15) is 0 Å². The second-order valence-corrected chi connectivity index (χ2v) is 16.1. The van der Waals surface area contributed by atoms with E-state index in [4.69, 9.17) is 0 Å². The van der Waals surface area contributed by atoms with E-state index < -0.39 is 0 Å². The van der Waals surface area contributed by atoms with Crippen molar-refractivity contribution in [3.63, 3.8) is 0 Å². The quantitative estimate of drug-likeness (QED) is 0.236. The van der Waals surface area contributed by atoms with Crippen LogP contribution in [0.25, 0.3) is 22.3 Å². The maximum atomic E-state index is 3.65. The predicted molar refractivity (Wildman–Crippen MR) is 192 cm³/mol. The van der Waals surface area contributed by atoms with Gasteiger partial charge in [0.05, 0.1) is 0 Å². The Morgan fingerprint density at radius 2 is 1.43 bits per heavy atom. The molecule has 0 heterocycles. The number of hydrogen-bond acceptors (Lipinski definition) is 0. The minimum atomic E-state index is 0. The van der Waals surface area contributed by atoms with Gasteiger partial charge < -0.3 is 24.8 Å². The minimum absolute atomic E-state index is 0. The van der Waals surface area contributed by atoms with Crippen molar-refractivity contribution < 1.29 is 49.0 Å². The molecule has 3 aromatic rings. The first-order valence-corrected chi connectivity index (χ1v) is 18.0. The second kappa shape index (κ2) is 14.8. The topological polar surface area (TPSA) is 0 Å². The van der Waals surface area contributed by atoms with Crippen LogP contribution < -0.4 is 24.8 Å². The van der Waals surface area contributed by atoms with Gasteiger partial charge in [0.15, 0.2) is 0 Å². The van der Waals surface area contributed by atoms with Gasteiger partial charge in [-0.2, -0.15) is 17.2 Å². The summed E-state index contributed by atoms with van der Waals surface area (Å²) in [6, 6.07) is 20.2. The first-order chi connectivity index (χ1) is 21.1. The summed E-state index contributed by atoms with van der Waals surface area (Å²) in [5, 5.41) is 0. The SMILES string of the molecule is CC1=[C-]C(C)(C)c2cc3c(cc21)-c1cc2c(cc1C3)C(C)(C)C=C2C.CCC1=[C-]C(C)C=C1C(C)(C)C.[Cl-].[Cl-].[Zr+2]=[CH]c1ccccc1. The summed E-state index contributed by atoms with van der Waals surface area (Å²) >= 11 is 1.46. The zero-order chi connectivity index (χ0) is 32.9. The Morgan fingerprint density at radius 1 is 0.851 bits per heavy atom. The van der Waals surface area contributed by atoms with E-state index in [2.05, 4.69) is 153 Å². The molecule has 1 atom stereocenters. The first kappa shape index (κ1) is 39.4. The molecule has 4 aliphatic rings. The van der Waals surface area contributed by atoms with Gasteiger partial charge in [0.2, 0.25) is 0 Å². The van der Waals surface area contributed by atoms with Crippen LogP contribution in [0, 0.1) is 23.5 Å². The van der Waals surface area contributed by atoms with E-state index in [1.54, 1.807) is 0 Å². The van der Waals surface area contributed by atoms with Crippen LogP contribution in [0.2, 0.25) is 0 Å². The number of halogens is 2. The average molecular weight is 741 g/mol. The zero-order valence-corrected chi connectivity index (χ0v) is 34.1. The number of rotatable bonds is 2. The molecule has 0 amide bonds. The van der Waals surface area contributed by atoms with Crippen molar-refractivity contribution in [2.24, 2.45) is 11.3 Å². The summed E-state index contributed by atoms with van der Waals surface area (Å²) in [4.78, 5) is 0. The maximum absolute atomic E-state index is 3.65. The molecule has 0 saturated heterocycles. The summed E-state index contributed by atoms with van der Waals surface area (Å²) in [6.07, 6.45) is 14.1. The summed E-state index contributed by atoms with van der Waals surface area (Å²) < 4.78 is 2.17. The molecular formula is C44H50Cl2Zr-2. The molecule has 4 aliphatic carbocycles. The second-order valence-electron chi connectivity index (χ2n) is 15.4.